The Morgan fingerprint density at radius 3 is 2.78 bits per heavy atom. The van der Waals surface area contributed by atoms with Crippen LogP contribution < -0.4 is 5.32 Å². The number of aliphatic hydroxyl groups excluding tert-OH is 1. The molecule has 100 valence electrons. The second-order valence-electron chi connectivity index (χ2n) is 3.98. The molecule has 0 spiro atoms. The first-order chi connectivity index (χ1) is 8.52. The minimum atomic E-state index is -0.0940. The van der Waals surface area contributed by atoms with E-state index in [0.717, 1.165) is 5.75 Å². The Bertz CT molecular complexity index is 415. The van der Waals surface area contributed by atoms with Crippen LogP contribution in [0.5, 0.6) is 0 Å². The fraction of sp³-hybridized carbons (Fsp3) is 0.417. The summed E-state index contributed by atoms with van der Waals surface area (Å²) in [5.74, 6) is 1.21. The molecular weight excluding hydrogens is 293 g/mol. The van der Waals surface area contributed by atoms with Crippen LogP contribution in [0.2, 0.25) is 10.0 Å². The van der Waals surface area contributed by atoms with E-state index in [-0.39, 0.29) is 18.4 Å². The molecule has 1 unspecified atom stereocenters. The van der Waals surface area contributed by atoms with Gasteiger partial charge in [0.1, 0.15) is 0 Å². The molecule has 1 rings (SSSR count). The molecule has 18 heavy (non-hydrogen) atoms. The molecule has 0 bridgehead atoms. The largest absolute Gasteiger partial charge is 0.396 e. The number of hydrogen-bond donors (Lipinski definition) is 2. The Hall–Kier alpha value is -0.420. The van der Waals surface area contributed by atoms with E-state index in [9.17, 15) is 4.79 Å². The molecule has 3 nitrogen and oxygen atoms in total. The fourth-order valence-corrected chi connectivity index (χ4v) is 2.36. The first-order valence-corrected chi connectivity index (χ1v) is 7.37. The molecule has 0 aromatic heterocycles. The van der Waals surface area contributed by atoms with Crippen molar-refractivity contribution in [2.45, 2.75) is 6.92 Å². The SMILES string of the molecule is CC(CO)CSCC(=O)Nc1ccc(Cl)c(Cl)c1. The molecule has 0 heterocycles. The topological polar surface area (TPSA) is 49.3 Å². The van der Waals surface area contributed by atoms with E-state index >= 15 is 0 Å². The van der Waals surface area contributed by atoms with Gasteiger partial charge in [-0.15, -0.1) is 0 Å². The summed E-state index contributed by atoms with van der Waals surface area (Å²) in [6.45, 7) is 2.07. The van der Waals surface area contributed by atoms with Gasteiger partial charge >= 0.3 is 0 Å². The lowest BCUT2D eigenvalue weighted by atomic mass is 10.2. The summed E-state index contributed by atoms with van der Waals surface area (Å²) in [7, 11) is 0. The molecule has 0 saturated heterocycles. The van der Waals surface area contributed by atoms with Crippen LogP contribution in [0.4, 0.5) is 5.69 Å². The zero-order valence-corrected chi connectivity index (χ0v) is 12.3. The Kier molecular flexibility index (Phi) is 6.86. The maximum Gasteiger partial charge on any atom is 0.234 e. The highest BCUT2D eigenvalue weighted by Crippen LogP contribution is 2.25. The third-order valence-electron chi connectivity index (χ3n) is 2.15. The lowest BCUT2D eigenvalue weighted by Crippen LogP contribution is -2.15. The van der Waals surface area contributed by atoms with Crippen molar-refractivity contribution in [1.29, 1.82) is 0 Å². The molecule has 6 heteroatoms. The third-order valence-corrected chi connectivity index (χ3v) is 4.16. The Morgan fingerprint density at radius 1 is 1.44 bits per heavy atom. The molecule has 0 radical (unpaired) electrons. The minimum absolute atomic E-state index is 0.0940. The average molecular weight is 308 g/mol. The van der Waals surface area contributed by atoms with Crippen LogP contribution in [-0.2, 0) is 4.79 Å². The number of amides is 1. The Balaban J connectivity index is 2.38. The second kappa shape index (κ2) is 7.89. The van der Waals surface area contributed by atoms with Gasteiger partial charge in [0.2, 0.25) is 5.91 Å². The number of carbonyl (C=O) groups is 1. The van der Waals surface area contributed by atoms with E-state index in [1.807, 2.05) is 6.92 Å². The fourth-order valence-electron chi connectivity index (χ4n) is 1.18. The standard InChI is InChI=1S/C12H15Cl2NO2S/c1-8(5-16)6-18-7-12(17)15-9-2-3-10(13)11(14)4-9/h2-4,8,16H,5-7H2,1H3,(H,15,17). The molecule has 0 aliphatic carbocycles. The lowest BCUT2D eigenvalue weighted by Gasteiger charge is -2.08. The third kappa shape index (κ3) is 5.48. The highest BCUT2D eigenvalue weighted by molar-refractivity contribution is 7.99. The van der Waals surface area contributed by atoms with Gasteiger partial charge in [0, 0.05) is 12.3 Å². The van der Waals surface area contributed by atoms with Gasteiger partial charge in [-0.3, -0.25) is 4.79 Å². The second-order valence-corrected chi connectivity index (χ2v) is 5.82. The van der Waals surface area contributed by atoms with E-state index in [1.54, 1.807) is 18.2 Å². The highest BCUT2D eigenvalue weighted by atomic mass is 35.5. The normalized spacial score (nSPS) is 12.2. The van der Waals surface area contributed by atoms with Crippen molar-refractivity contribution in [3.05, 3.63) is 28.2 Å². The average Bonchev–Trinajstić information content (AvgIpc) is 2.33. The van der Waals surface area contributed by atoms with E-state index in [2.05, 4.69) is 5.32 Å². The summed E-state index contributed by atoms with van der Waals surface area (Å²) in [5, 5.41) is 12.5. The summed E-state index contributed by atoms with van der Waals surface area (Å²) in [5.41, 5.74) is 0.630. The number of benzene rings is 1. The van der Waals surface area contributed by atoms with Gasteiger partial charge in [-0.25, -0.2) is 0 Å². The van der Waals surface area contributed by atoms with Crippen LogP contribution in [0, 0.1) is 5.92 Å². The number of halogens is 2. The van der Waals surface area contributed by atoms with E-state index in [0.29, 0.717) is 21.5 Å². The predicted molar refractivity (Wildman–Crippen MR) is 78.7 cm³/mol. The van der Waals surface area contributed by atoms with Gasteiger partial charge in [0.15, 0.2) is 0 Å². The molecule has 1 aromatic rings. The maximum absolute atomic E-state index is 11.6. The van der Waals surface area contributed by atoms with Crippen molar-refractivity contribution in [3.63, 3.8) is 0 Å². The van der Waals surface area contributed by atoms with Crippen molar-refractivity contribution in [2.24, 2.45) is 5.92 Å². The number of nitrogens with one attached hydrogen (secondary N) is 1. The first-order valence-electron chi connectivity index (χ1n) is 5.46. The van der Waals surface area contributed by atoms with Gasteiger partial charge in [0.05, 0.1) is 15.8 Å². The first kappa shape index (κ1) is 15.6. The number of carbonyl (C=O) groups excluding carboxylic acids is 1. The van der Waals surface area contributed by atoms with E-state index in [1.165, 1.54) is 11.8 Å². The Labute approximate surface area is 121 Å². The number of rotatable bonds is 6. The molecule has 2 N–H and O–H groups in total. The molecule has 0 saturated carbocycles. The van der Waals surface area contributed by atoms with Gasteiger partial charge < -0.3 is 10.4 Å². The minimum Gasteiger partial charge on any atom is -0.396 e. The number of hydrogen-bond acceptors (Lipinski definition) is 3. The van der Waals surface area contributed by atoms with Crippen molar-refractivity contribution in [3.8, 4) is 0 Å². The van der Waals surface area contributed by atoms with Crippen molar-refractivity contribution >= 4 is 46.6 Å². The maximum atomic E-state index is 11.6. The van der Waals surface area contributed by atoms with Crippen molar-refractivity contribution in [2.75, 3.05) is 23.4 Å². The monoisotopic (exact) mass is 307 g/mol. The zero-order chi connectivity index (χ0) is 13.5. The van der Waals surface area contributed by atoms with Gasteiger partial charge in [-0.1, -0.05) is 30.1 Å². The van der Waals surface area contributed by atoms with Crippen molar-refractivity contribution in [1.82, 2.24) is 0 Å². The quantitative estimate of drug-likeness (QED) is 0.848. The molecule has 0 aliphatic heterocycles. The van der Waals surface area contributed by atoms with Crippen LogP contribution in [0.3, 0.4) is 0 Å². The molecule has 1 atom stereocenters. The molecule has 0 fully saturated rings. The number of thioether (sulfide) groups is 1. The van der Waals surface area contributed by atoms with Crippen LogP contribution in [0.1, 0.15) is 6.92 Å². The zero-order valence-electron chi connectivity index (χ0n) is 9.95. The number of aliphatic hydroxyl groups is 1. The highest BCUT2D eigenvalue weighted by Gasteiger charge is 2.06. The number of anilines is 1. The van der Waals surface area contributed by atoms with Crippen LogP contribution >= 0.6 is 35.0 Å². The van der Waals surface area contributed by atoms with E-state index in [4.69, 9.17) is 28.3 Å². The van der Waals surface area contributed by atoms with Crippen LogP contribution in [-0.4, -0.2) is 29.1 Å². The van der Waals surface area contributed by atoms with Gasteiger partial charge in [-0.05, 0) is 29.9 Å². The lowest BCUT2D eigenvalue weighted by molar-refractivity contribution is -0.113. The van der Waals surface area contributed by atoms with Crippen LogP contribution in [0.15, 0.2) is 18.2 Å². The molecular formula is C12H15Cl2NO2S. The summed E-state index contributed by atoms with van der Waals surface area (Å²) in [6.07, 6.45) is 0. The van der Waals surface area contributed by atoms with Gasteiger partial charge in [-0.2, -0.15) is 11.8 Å². The van der Waals surface area contributed by atoms with E-state index < -0.39 is 0 Å². The van der Waals surface area contributed by atoms with Crippen molar-refractivity contribution < 1.29 is 9.90 Å². The molecule has 1 aromatic carbocycles. The smallest absolute Gasteiger partial charge is 0.234 e. The Morgan fingerprint density at radius 2 is 2.17 bits per heavy atom. The van der Waals surface area contributed by atoms with Crippen LogP contribution in [0.25, 0.3) is 0 Å². The molecule has 1 amide bonds. The summed E-state index contributed by atoms with van der Waals surface area (Å²) in [6, 6.07) is 4.95. The summed E-state index contributed by atoms with van der Waals surface area (Å²) < 4.78 is 0. The summed E-state index contributed by atoms with van der Waals surface area (Å²) in [4.78, 5) is 11.6. The van der Waals surface area contributed by atoms with Gasteiger partial charge in [0.25, 0.3) is 0 Å². The molecule has 0 aliphatic rings. The summed E-state index contributed by atoms with van der Waals surface area (Å²) >= 11 is 13.1. The predicted octanol–water partition coefficient (Wildman–Crippen LogP) is 3.29.